The SMILES string of the molecule is CNc1ccc(C=Nc2cc(NC(=O)C3CCC(C)C3)ccc2N)cc1. The van der Waals surface area contributed by atoms with Crippen LogP contribution >= 0.6 is 0 Å². The molecule has 2 atom stereocenters. The lowest BCUT2D eigenvalue weighted by atomic mass is 10.1. The molecule has 2 aromatic carbocycles. The Kier molecular flexibility index (Phi) is 5.56. The molecule has 0 radical (unpaired) electrons. The monoisotopic (exact) mass is 350 g/mol. The van der Waals surface area contributed by atoms with Gasteiger partial charge in [-0.25, -0.2) is 0 Å². The number of nitrogens with two attached hydrogens (primary N) is 1. The van der Waals surface area contributed by atoms with Gasteiger partial charge in [-0.3, -0.25) is 9.79 Å². The third-order valence-electron chi connectivity index (χ3n) is 4.92. The number of benzene rings is 2. The van der Waals surface area contributed by atoms with Crippen molar-refractivity contribution in [3.8, 4) is 0 Å². The van der Waals surface area contributed by atoms with Crippen molar-refractivity contribution in [2.75, 3.05) is 23.4 Å². The quantitative estimate of drug-likeness (QED) is 0.551. The third-order valence-corrected chi connectivity index (χ3v) is 4.92. The Bertz CT molecular complexity index is 798. The topological polar surface area (TPSA) is 79.5 Å². The molecule has 1 aliphatic carbocycles. The number of hydrogen-bond acceptors (Lipinski definition) is 4. The van der Waals surface area contributed by atoms with Gasteiger partial charge in [-0.2, -0.15) is 0 Å². The van der Waals surface area contributed by atoms with Crippen LogP contribution in [0.1, 0.15) is 31.7 Å². The zero-order valence-corrected chi connectivity index (χ0v) is 15.3. The Morgan fingerprint density at radius 3 is 2.54 bits per heavy atom. The van der Waals surface area contributed by atoms with Gasteiger partial charge in [0.05, 0.1) is 11.4 Å². The maximum atomic E-state index is 12.4. The molecule has 2 unspecified atom stereocenters. The lowest BCUT2D eigenvalue weighted by Crippen LogP contribution is -2.20. The number of nitrogens with zero attached hydrogens (tertiary/aromatic N) is 1. The highest BCUT2D eigenvalue weighted by Crippen LogP contribution is 2.32. The van der Waals surface area contributed by atoms with Crippen molar-refractivity contribution in [3.63, 3.8) is 0 Å². The van der Waals surface area contributed by atoms with Gasteiger partial charge in [-0.1, -0.05) is 19.1 Å². The van der Waals surface area contributed by atoms with E-state index in [1.807, 2.05) is 43.4 Å². The normalized spacial score (nSPS) is 19.6. The molecule has 0 aromatic heterocycles. The first-order valence-corrected chi connectivity index (χ1v) is 9.07. The highest BCUT2D eigenvalue weighted by molar-refractivity contribution is 5.94. The first-order chi connectivity index (χ1) is 12.5. The van der Waals surface area contributed by atoms with Crippen molar-refractivity contribution in [2.45, 2.75) is 26.2 Å². The molecule has 136 valence electrons. The van der Waals surface area contributed by atoms with E-state index in [4.69, 9.17) is 5.73 Å². The molecule has 1 fully saturated rings. The minimum atomic E-state index is 0.0942. The summed E-state index contributed by atoms with van der Waals surface area (Å²) in [6, 6.07) is 13.4. The second-order valence-electron chi connectivity index (χ2n) is 7.01. The second-order valence-corrected chi connectivity index (χ2v) is 7.01. The maximum Gasteiger partial charge on any atom is 0.227 e. The van der Waals surface area contributed by atoms with E-state index in [-0.39, 0.29) is 11.8 Å². The molecular weight excluding hydrogens is 324 g/mol. The first kappa shape index (κ1) is 18.0. The predicted octanol–water partition coefficient (Wildman–Crippen LogP) is 4.44. The fourth-order valence-electron chi connectivity index (χ4n) is 3.30. The van der Waals surface area contributed by atoms with Crippen LogP contribution in [0.3, 0.4) is 0 Å². The highest BCUT2D eigenvalue weighted by atomic mass is 16.1. The summed E-state index contributed by atoms with van der Waals surface area (Å²) >= 11 is 0. The summed E-state index contributed by atoms with van der Waals surface area (Å²) in [5, 5.41) is 6.09. The number of carbonyl (C=O) groups excluding carboxylic acids is 1. The van der Waals surface area contributed by atoms with Crippen LogP contribution in [0.4, 0.5) is 22.7 Å². The van der Waals surface area contributed by atoms with E-state index in [1.165, 1.54) is 0 Å². The number of rotatable bonds is 5. The molecule has 2 aromatic rings. The smallest absolute Gasteiger partial charge is 0.227 e. The summed E-state index contributed by atoms with van der Waals surface area (Å²) in [5.74, 6) is 0.837. The van der Waals surface area contributed by atoms with Crippen LogP contribution < -0.4 is 16.4 Å². The number of hydrogen-bond donors (Lipinski definition) is 3. The zero-order chi connectivity index (χ0) is 18.5. The average molecular weight is 350 g/mol. The number of nitrogen functional groups attached to an aromatic ring is 1. The van der Waals surface area contributed by atoms with Crippen molar-refractivity contribution in [3.05, 3.63) is 48.0 Å². The standard InChI is InChI=1S/C21H26N4O/c1-14-3-6-16(11-14)21(26)25-18-9-10-19(22)20(12-18)24-13-15-4-7-17(23-2)8-5-15/h4-5,7-10,12-14,16,23H,3,6,11,22H2,1-2H3,(H,25,26). The average Bonchev–Trinajstić information content (AvgIpc) is 3.09. The van der Waals surface area contributed by atoms with Crippen LogP contribution in [0.2, 0.25) is 0 Å². The van der Waals surface area contributed by atoms with Gasteiger partial charge in [0.1, 0.15) is 0 Å². The summed E-state index contributed by atoms with van der Waals surface area (Å²) in [5.41, 5.74) is 10.0. The van der Waals surface area contributed by atoms with E-state index in [0.29, 0.717) is 17.3 Å². The number of anilines is 3. The molecule has 1 saturated carbocycles. The van der Waals surface area contributed by atoms with E-state index in [1.54, 1.807) is 12.3 Å². The molecule has 5 nitrogen and oxygen atoms in total. The van der Waals surface area contributed by atoms with E-state index < -0.39 is 0 Å². The van der Waals surface area contributed by atoms with Gasteiger partial charge in [-0.05, 0) is 61.1 Å². The summed E-state index contributed by atoms with van der Waals surface area (Å²) in [7, 11) is 1.88. The van der Waals surface area contributed by atoms with E-state index >= 15 is 0 Å². The molecule has 1 amide bonds. The molecule has 0 heterocycles. The molecular formula is C21H26N4O. The number of amides is 1. The largest absolute Gasteiger partial charge is 0.397 e. The molecule has 26 heavy (non-hydrogen) atoms. The number of nitrogens with one attached hydrogen (secondary N) is 2. The molecule has 0 aliphatic heterocycles. The van der Waals surface area contributed by atoms with Crippen LogP contribution in [0, 0.1) is 11.8 Å². The molecule has 1 aliphatic rings. The van der Waals surface area contributed by atoms with Crippen LogP contribution in [-0.2, 0) is 4.79 Å². The van der Waals surface area contributed by atoms with Gasteiger partial charge in [-0.15, -0.1) is 0 Å². The molecule has 0 bridgehead atoms. The fourth-order valence-corrected chi connectivity index (χ4v) is 3.30. The van der Waals surface area contributed by atoms with Crippen molar-refractivity contribution in [2.24, 2.45) is 16.8 Å². The zero-order valence-electron chi connectivity index (χ0n) is 15.3. The summed E-state index contributed by atoms with van der Waals surface area (Å²) in [4.78, 5) is 16.9. The summed E-state index contributed by atoms with van der Waals surface area (Å²) < 4.78 is 0. The van der Waals surface area contributed by atoms with Gasteiger partial charge >= 0.3 is 0 Å². The van der Waals surface area contributed by atoms with E-state index in [9.17, 15) is 4.79 Å². The Hall–Kier alpha value is -2.82. The Labute approximate surface area is 154 Å². The minimum Gasteiger partial charge on any atom is -0.397 e. The summed E-state index contributed by atoms with van der Waals surface area (Å²) in [6.07, 6.45) is 4.83. The van der Waals surface area contributed by atoms with Crippen molar-refractivity contribution in [1.82, 2.24) is 0 Å². The minimum absolute atomic E-state index is 0.0942. The van der Waals surface area contributed by atoms with Crippen molar-refractivity contribution < 1.29 is 4.79 Å². The van der Waals surface area contributed by atoms with Crippen molar-refractivity contribution >= 4 is 34.9 Å². The van der Waals surface area contributed by atoms with E-state index in [2.05, 4.69) is 22.5 Å². The molecule has 0 saturated heterocycles. The predicted molar refractivity (Wildman–Crippen MR) is 109 cm³/mol. The van der Waals surface area contributed by atoms with Gasteiger partial charge < -0.3 is 16.4 Å². The molecule has 5 heteroatoms. The Morgan fingerprint density at radius 1 is 1.15 bits per heavy atom. The van der Waals surface area contributed by atoms with Crippen LogP contribution in [-0.4, -0.2) is 19.2 Å². The summed E-state index contributed by atoms with van der Waals surface area (Å²) in [6.45, 7) is 2.20. The van der Waals surface area contributed by atoms with Crippen LogP contribution in [0.15, 0.2) is 47.5 Å². The third kappa shape index (κ3) is 4.42. The number of carbonyl (C=O) groups is 1. The first-order valence-electron chi connectivity index (χ1n) is 9.07. The highest BCUT2D eigenvalue weighted by Gasteiger charge is 2.27. The lowest BCUT2D eigenvalue weighted by molar-refractivity contribution is -0.119. The van der Waals surface area contributed by atoms with Crippen molar-refractivity contribution in [1.29, 1.82) is 0 Å². The van der Waals surface area contributed by atoms with Gasteiger partial charge in [0.2, 0.25) is 5.91 Å². The maximum absolute atomic E-state index is 12.4. The molecule has 0 spiro atoms. The molecule has 3 rings (SSSR count). The van der Waals surface area contributed by atoms with E-state index in [0.717, 1.165) is 36.2 Å². The Balaban J connectivity index is 1.70. The van der Waals surface area contributed by atoms with Gasteiger partial charge in [0.25, 0.3) is 0 Å². The van der Waals surface area contributed by atoms with Crippen LogP contribution in [0.25, 0.3) is 0 Å². The van der Waals surface area contributed by atoms with Gasteiger partial charge in [0, 0.05) is 30.6 Å². The van der Waals surface area contributed by atoms with Gasteiger partial charge in [0.15, 0.2) is 0 Å². The number of aliphatic imine (C=N–C) groups is 1. The lowest BCUT2D eigenvalue weighted by Gasteiger charge is -2.12. The second kappa shape index (κ2) is 8.04. The molecule has 4 N–H and O–H groups in total. The fraction of sp³-hybridized carbons (Fsp3) is 0.333. The van der Waals surface area contributed by atoms with Crippen LogP contribution in [0.5, 0.6) is 0 Å². The Morgan fingerprint density at radius 2 is 1.88 bits per heavy atom.